The third kappa shape index (κ3) is 6.66. The molecule has 6 heteroatoms. The standard InChI is InChI=1S/C25H27ClN2O3/c1-4-30-24-14-19(15-27-21-10-7-20(26)8-11-21)6-12-23(24)31-16-25(29)28-22-9-5-17(2)18(3)13-22/h5-14,27H,4,15-16H2,1-3H3,(H,28,29). The summed E-state index contributed by atoms with van der Waals surface area (Å²) >= 11 is 5.93. The van der Waals surface area contributed by atoms with E-state index in [0.29, 0.717) is 29.7 Å². The van der Waals surface area contributed by atoms with Crippen LogP contribution < -0.4 is 20.1 Å². The Morgan fingerprint density at radius 3 is 2.32 bits per heavy atom. The van der Waals surface area contributed by atoms with Gasteiger partial charge in [-0.3, -0.25) is 4.79 Å². The van der Waals surface area contributed by atoms with Crippen LogP contribution in [0.1, 0.15) is 23.6 Å². The lowest BCUT2D eigenvalue weighted by Gasteiger charge is -2.14. The Hall–Kier alpha value is -3.18. The van der Waals surface area contributed by atoms with Crippen LogP contribution in [0, 0.1) is 13.8 Å². The zero-order valence-electron chi connectivity index (χ0n) is 18.0. The highest BCUT2D eigenvalue weighted by atomic mass is 35.5. The number of benzene rings is 3. The smallest absolute Gasteiger partial charge is 0.262 e. The molecule has 3 aromatic rings. The highest BCUT2D eigenvalue weighted by Gasteiger charge is 2.10. The third-order valence-electron chi connectivity index (χ3n) is 4.80. The van der Waals surface area contributed by atoms with E-state index in [1.54, 1.807) is 0 Å². The first-order chi connectivity index (χ1) is 14.9. The van der Waals surface area contributed by atoms with Crippen molar-refractivity contribution in [3.8, 4) is 11.5 Å². The molecule has 0 saturated heterocycles. The number of hydrogen-bond donors (Lipinski definition) is 2. The molecule has 162 valence electrons. The molecule has 0 bridgehead atoms. The van der Waals surface area contributed by atoms with Crippen molar-refractivity contribution in [2.24, 2.45) is 0 Å². The van der Waals surface area contributed by atoms with Gasteiger partial charge in [0.15, 0.2) is 18.1 Å². The van der Waals surface area contributed by atoms with Gasteiger partial charge in [-0.05, 0) is 86.0 Å². The van der Waals surface area contributed by atoms with Crippen molar-refractivity contribution in [1.82, 2.24) is 0 Å². The van der Waals surface area contributed by atoms with Crippen LogP contribution in [-0.4, -0.2) is 19.1 Å². The molecule has 0 unspecified atom stereocenters. The van der Waals surface area contributed by atoms with Crippen molar-refractivity contribution >= 4 is 28.9 Å². The van der Waals surface area contributed by atoms with Crippen LogP contribution in [0.25, 0.3) is 0 Å². The summed E-state index contributed by atoms with van der Waals surface area (Å²) < 4.78 is 11.5. The minimum Gasteiger partial charge on any atom is -0.490 e. The van der Waals surface area contributed by atoms with E-state index in [0.717, 1.165) is 22.5 Å². The Bertz CT molecular complexity index is 1040. The summed E-state index contributed by atoms with van der Waals surface area (Å²) in [6.45, 7) is 6.98. The van der Waals surface area contributed by atoms with Gasteiger partial charge in [0.05, 0.1) is 6.61 Å². The zero-order valence-corrected chi connectivity index (χ0v) is 18.8. The maximum atomic E-state index is 12.3. The average molecular weight is 439 g/mol. The Kier molecular flexibility index (Phi) is 7.79. The van der Waals surface area contributed by atoms with Crippen molar-refractivity contribution in [2.75, 3.05) is 23.8 Å². The van der Waals surface area contributed by atoms with Gasteiger partial charge in [0, 0.05) is 22.9 Å². The minimum absolute atomic E-state index is 0.102. The van der Waals surface area contributed by atoms with Crippen molar-refractivity contribution < 1.29 is 14.3 Å². The quantitative estimate of drug-likeness (QED) is 0.431. The lowest BCUT2D eigenvalue weighted by molar-refractivity contribution is -0.118. The fourth-order valence-corrected chi connectivity index (χ4v) is 3.11. The second-order valence-corrected chi connectivity index (χ2v) is 7.65. The Balaban J connectivity index is 1.60. The van der Waals surface area contributed by atoms with E-state index in [-0.39, 0.29) is 12.5 Å². The van der Waals surface area contributed by atoms with E-state index in [2.05, 4.69) is 10.6 Å². The molecule has 3 rings (SSSR count). The molecule has 0 spiro atoms. The maximum Gasteiger partial charge on any atom is 0.262 e. The number of hydrogen-bond acceptors (Lipinski definition) is 4. The van der Waals surface area contributed by atoms with E-state index in [1.807, 2.05) is 81.4 Å². The van der Waals surface area contributed by atoms with E-state index in [4.69, 9.17) is 21.1 Å². The number of halogens is 1. The van der Waals surface area contributed by atoms with Gasteiger partial charge in [0.25, 0.3) is 5.91 Å². The molecular formula is C25H27ClN2O3. The SMILES string of the molecule is CCOc1cc(CNc2ccc(Cl)cc2)ccc1OCC(=O)Nc1ccc(C)c(C)c1. The molecule has 0 aliphatic carbocycles. The number of carbonyl (C=O) groups excluding carboxylic acids is 1. The van der Waals surface area contributed by atoms with Crippen LogP contribution in [-0.2, 0) is 11.3 Å². The van der Waals surface area contributed by atoms with E-state index < -0.39 is 0 Å². The summed E-state index contributed by atoms with van der Waals surface area (Å²) in [4.78, 5) is 12.3. The predicted octanol–water partition coefficient (Wildman–Crippen LogP) is 5.99. The Labute approximate surface area is 188 Å². The molecule has 5 nitrogen and oxygen atoms in total. The molecule has 0 fully saturated rings. The zero-order chi connectivity index (χ0) is 22.2. The first kappa shape index (κ1) is 22.5. The molecule has 0 aliphatic heterocycles. The molecule has 0 radical (unpaired) electrons. The highest BCUT2D eigenvalue weighted by molar-refractivity contribution is 6.30. The topological polar surface area (TPSA) is 59.6 Å². The number of aryl methyl sites for hydroxylation is 2. The first-order valence-corrected chi connectivity index (χ1v) is 10.6. The Morgan fingerprint density at radius 1 is 0.871 bits per heavy atom. The fourth-order valence-electron chi connectivity index (χ4n) is 2.98. The molecule has 1 amide bonds. The molecule has 0 atom stereocenters. The van der Waals surface area contributed by atoms with E-state index in [1.165, 1.54) is 5.56 Å². The summed E-state index contributed by atoms with van der Waals surface area (Å²) in [6.07, 6.45) is 0. The first-order valence-electron chi connectivity index (χ1n) is 10.2. The van der Waals surface area contributed by atoms with Gasteiger partial charge in [-0.1, -0.05) is 23.7 Å². The number of anilines is 2. The second-order valence-electron chi connectivity index (χ2n) is 7.21. The highest BCUT2D eigenvalue weighted by Crippen LogP contribution is 2.29. The van der Waals surface area contributed by atoms with Crippen LogP contribution in [0.15, 0.2) is 60.7 Å². The summed E-state index contributed by atoms with van der Waals surface area (Å²) in [5, 5.41) is 6.91. The molecule has 0 heterocycles. The lowest BCUT2D eigenvalue weighted by Crippen LogP contribution is -2.20. The van der Waals surface area contributed by atoms with Gasteiger partial charge in [-0.2, -0.15) is 0 Å². The molecule has 0 aromatic heterocycles. The minimum atomic E-state index is -0.223. The molecule has 3 aromatic carbocycles. The van der Waals surface area contributed by atoms with E-state index >= 15 is 0 Å². The fraction of sp³-hybridized carbons (Fsp3) is 0.240. The van der Waals surface area contributed by atoms with Crippen molar-refractivity contribution in [1.29, 1.82) is 0 Å². The van der Waals surface area contributed by atoms with Crippen LogP contribution in [0.5, 0.6) is 11.5 Å². The van der Waals surface area contributed by atoms with Gasteiger partial charge in [-0.15, -0.1) is 0 Å². The van der Waals surface area contributed by atoms with Gasteiger partial charge in [0.1, 0.15) is 0 Å². The summed E-state index contributed by atoms with van der Waals surface area (Å²) in [5.41, 5.74) is 5.07. The van der Waals surface area contributed by atoms with Crippen molar-refractivity contribution in [3.63, 3.8) is 0 Å². The average Bonchev–Trinajstić information content (AvgIpc) is 2.75. The number of ether oxygens (including phenoxy) is 2. The van der Waals surface area contributed by atoms with E-state index in [9.17, 15) is 4.79 Å². The maximum absolute atomic E-state index is 12.3. The molecular weight excluding hydrogens is 412 g/mol. The second kappa shape index (κ2) is 10.7. The Morgan fingerprint density at radius 2 is 1.61 bits per heavy atom. The predicted molar refractivity (Wildman–Crippen MR) is 126 cm³/mol. The normalized spacial score (nSPS) is 10.5. The van der Waals surface area contributed by atoms with Crippen molar-refractivity contribution in [2.45, 2.75) is 27.3 Å². The van der Waals surface area contributed by atoms with Crippen LogP contribution in [0.3, 0.4) is 0 Å². The van der Waals surface area contributed by atoms with Crippen molar-refractivity contribution in [3.05, 3.63) is 82.4 Å². The van der Waals surface area contributed by atoms with Crippen LogP contribution in [0.2, 0.25) is 5.02 Å². The van der Waals surface area contributed by atoms with Gasteiger partial charge < -0.3 is 20.1 Å². The lowest BCUT2D eigenvalue weighted by atomic mass is 10.1. The molecule has 2 N–H and O–H groups in total. The number of amides is 1. The van der Waals surface area contributed by atoms with Gasteiger partial charge >= 0.3 is 0 Å². The monoisotopic (exact) mass is 438 g/mol. The molecule has 0 aliphatic rings. The summed E-state index contributed by atoms with van der Waals surface area (Å²) in [5.74, 6) is 0.920. The largest absolute Gasteiger partial charge is 0.490 e. The van der Waals surface area contributed by atoms with Crippen LogP contribution in [0.4, 0.5) is 11.4 Å². The number of rotatable bonds is 9. The number of carbonyl (C=O) groups is 1. The summed E-state index contributed by atoms with van der Waals surface area (Å²) in [6, 6.07) is 19.0. The molecule has 0 saturated carbocycles. The summed E-state index contributed by atoms with van der Waals surface area (Å²) in [7, 11) is 0. The number of nitrogens with one attached hydrogen (secondary N) is 2. The third-order valence-corrected chi connectivity index (χ3v) is 5.05. The van der Waals surface area contributed by atoms with Gasteiger partial charge in [-0.25, -0.2) is 0 Å². The molecule has 31 heavy (non-hydrogen) atoms. The van der Waals surface area contributed by atoms with Gasteiger partial charge in [0.2, 0.25) is 0 Å². The van der Waals surface area contributed by atoms with Crippen LogP contribution >= 0.6 is 11.6 Å².